The van der Waals surface area contributed by atoms with E-state index in [1.54, 1.807) is 0 Å². The molecule has 6 heavy (non-hydrogen) atoms. The van der Waals surface area contributed by atoms with Crippen LogP contribution in [0, 0.1) is 0 Å². The van der Waals surface area contributed by atoms with Crippen LogP contribution in [0.1, 0.15) is 6.42 Å². The van der Waals surface area contributed by atoms with Crippen LogP contribution in [-0.4, -0.2) is 14.7 Å². The monoisotopic (exact) mass is 140 g/mol. The molecule has 0 N–H and O–H groups in total. The standard InChI is InChI=1S/C3H6Cl2Si/c4-2-1-3-6-5/h1-3H2. The Labute approximate surface area is 50.4 Å². The lowest BCUT2D eigenvalue weighted by Gasteiger charge is -1.81. The van der Waals surface area contributed by atoms with Gasteiger partial charge in [0.25, 0.3) is 0 Å². The van der Waals surface area contributed by atoms with Crippen LogP contribution < -0.4 is 0 Å². The molecule has 0 nitrogen and oxygen atoms in total. The van der Waals surface area contributed by atoms with Gasteiger partial charge in [-0.25, -0.2) is 0 Å². The fourth-order valence-corrected chi connectivity index (χ4v) is 1.20. The lowest BCUT2D eigenvalue weighted by molar-refractivity contribution is 1.09. The van der Waals surface area contributed by atoms with Crippen molar-refractivity contribution in [3.05, 3.63) is 0 Å². The van der Waals surface area contributed by atoms with Crippen LogP contribution in [0.15, 0.2) is 0 Å². The Bertz CT molecular complexity index is 20.8. The van der Waals surface area contributed by atoms with Crippen LogP contribution in [0.2, 0.25) is 6.04 Å². The maximum absolute atomic E-state index is 5.35. The van der Waals surface area contributed by atoms with Gasteiger partial charge in [0, 0.05) is 5.88 Å². The molecule has 0 aliphatic rings. The van der Waals surface area contributed by atoms with Gasteiger partial charge in [-0.2, -0.15) is 11.1 Å². The summed E-state index contributed by atoms with van der Waals surface area (Å²) in [4.78, 5) is 0. The summed E-state index contributed by atoms with van der Waals surface area (Å²) in [6, 6.07) is 1.07. The molecule has 0 amide bonds. The molecular weight excluding hydrogens is 135 g/mol. The second-order valence-corrected chi connectivity index (χ2v) is 2.87. The molecule has 0 atom stereocenters. The maximum atomic E-state index is 5.35. The molecule has 0 aromatic rings. The van der Waals surface area contributed by atoms with Gasteiger partial charge in [0.1, 0.15) is 0 Å². The van der Waals surface area contributed by atoms with E-state index in [1.165, 1.54) is 0 Å². The van der Waals surface area contributed by atoms with Crippen LogP contribution in [0.3, 0.4) is 0 Å². The van der Waals surface area contributed by atoms with E-state index in [2.05, 4.69) is 0 Å². The Hall–Kier alpha value is 0.797. The highest BCUT2D eigenvalue weighted by Crippen LogP contribution is 1.91. The Balaban J connectivity index is 2.34. The van der Waals surface area contributed by atoms with Gasteiger partial charge >= 0.3 is 0 Å². The Morgan fingerprint density at radius 3 is 2.33 bits per heavy atom. The smallest absolute Gasteiger partial charge is 0.171 e. The molecule has 3 heteroatoms. The van der Waals surface area contributed by atoms with Crippen molar-refractivity contribution < 1.29 is 0 Å². The third-order valence-electron chi connectivity index (χ3n) is 0.405. The highest BCUT2D eigenvalue weighted by Gasteiger charge is 1.80. The molecule has 0 bridgehead atoms. The molecule has 0 aromatic heterocycles. The lowest BCUT2D eigenvalue weighted by Crippen LogP contribution is -1.77. The van der Waals surface area contributed by atoms with Crippen LogP contribution in [0.4, 0.5) is 0 Å². The van der Waals surface area contributed by atoms with E-state index in [0.717, 1.165) is 18.3 Å². The zero-order valence-corrected chi connectivity index (χ0v) is 5.89. The van der Waals surface area contributed by atoms with Crippen LogP contribution in [0.5, 0.6) is 0 Å². The molecule has 0 aromatic carbocycles. The molecule has 0 aliphatic carbocycles. The van der Waals surface area contributed by atoms with Crippen LogP contribution >= 0.6 is 22.7 Å². The van der Waals surface area contributed by atoms with E-state index < -0.39 is 0 Å². The quantitative estimate of drug-likeness (QED) is 0.243. The molecule has 0 saturated carbocycles. The number of alkyl halides is 1. The SMILES string of the molecule is ClCCC[Si]Cl. The van der Waals surface area contributed by atoms with E-state index in [1.807, 2.05) is 0 Å². The number of halogens is 2. The van der Waals surface area contributed by atoms with Gasteiger partial charge in [-0.3, -0.25) is 0 Å². The Kier molecular flexibility index (Phi) is 6.57. The molecule has 0 aliphatic heterocycles. The van der Waals surface area contributed by atoms with Gasteiger partial charge < -0.3 is 0 Å². The van der Waals surface area contributed by atoms with Crippen molar-refractivity contribution in [3.63, 3.8) is 0 Å². The van der Waals surface area contributed by atoms with Crippen molar-refractivity contribution >= 4 is 31.5 Å². The third kappa shape index (κ3) is 4.80. The Morgan fingerprint density at radius 2 is 2.17 bits per heavy atom. The van der Waals surface area contributed by atoms with Crippen LogP contribution in [0.25, 0.3) is 0 Å². The second kappa shape index (κ2) is 5.80. The number of hydrogen-bond donors (Lipinski definition) is 0. The first kappa shape index (κ1) is 6.80. The molecule has 0 spiro atoms. The number of hydrogen-bond acceptors (Lipinski definition) is 0. The summed E-state index contributed by atoms with van der Waals surface area (Å²) in [5.41, 5.74) is 0. The average Bonchev–Trinajstić information content (AvgIpc) is 1.61. The predicted octanol–water partition coefficient (Wildman–Crippen LogP) is 1.89. The molecule has 0 unspecified atom stereocenters. The predicted molar refractivity (Wildman–Crippen MR) is 31.8 cm³/mol. The van der Waals surface area contributed by atoms with E-state index in [4.69, 9.17) is 22.7 Å². The number of rotatable bonds is 3. The second-order valence-electron chi connectivity index (χ2n) is 0.926. The summed E-state index contributed by atoms with van der Waals surface area (Å²) in [5.74, 6) is 0.750. The van der Waals surface area contributed by atoms with E-state index in [0.29, 0.717) is 8.83 Å². The molecule has 0 heterocycles. The Morgan fingerprint density at radius 1 is 1.50 bits per heavy atom. The van der Waals surface area contributed by atoms with E-state index >= 15 is 0 Å². The van der Waals surface area contributed by atoms with Crippen molar-refractivity contribution in [2.24, 2.45) is 0 Å². The summed E-state index contributed by atoms with van der Waals surface area (Å²) in [5, 5.41) is 0. The molecule has 36 valence electrons. The molecule has 0 rings (SSSR count). The molecule has 2 radical (unpaired) electrons. The zero-order valence-electron chi connectivity index (χ0n) is 3.38. The highest BCUT2D eigenvalue weighted by molar-refractivity contribution is 6.93. The zero-order chi connectivity index (χ0) is 4.83. The average molecular weight is 141 g/mol. The summed E-state index contributed by atoms with van der Waals surface area (Å²) >= 11 is 10.7. The first-order chi connectivity index (χ1) is 2.91. The molecule has 0 saturated heterocycles. The molecular formula is C3H6Cl2Si. The first-order valence-electron chi connectivity index (χ1n) is 1.81. The van der Waals surface area contributed by atoms with Crippen molar-refractivity contribution in [2.45, 2.75) is 12.5 Å². The minimum absolute atomic E-state index is 0.552. The normalized spacial score (nSPS) is 9.00. The van der Waals surface area contributed by atoms with E-state index in [-0.39, 0.29) is 0 Å². The highest BCUT2D eigenvalue weighted by atomic mass is 35.6. The summed E-state index contributed by atoms with van der Waals surface area (Å²) < 4.78 is 0. The van der Waals surface area contributed by atoms with Crippen molar-refractivity contribution in [3.8, 4) is 0 Å². The van der Waals surface area contributed by atoms with Gasteiger partial charge in [-0.05, 0) is 12.5 Å². The van der Waals surface area contributed by atoms with Gasteiger partial charge in [0.05, 0.1) is 0 Å². The summed E-state index contributed by atoms with van der Waals surface area (Å²) in [7, 11) is 0.552. The van der Waals surface area contributed by atoms with Crippen molar-refractivity contribution in [1.29, 1.82) is 0 Å². The van der Waals surface area contributed by atoms with Crippen LogP contribution in [-0.2, 0) is 0 Å². The van der Waals surface area contributed by atoms with Crippen molar-refractivity contribution in [1.82, 2.24) is 0 Å². The van der Waals surface area contributed by atoms with Gasteiger partial charge in [0.15, 0.2) is 8.83 Å². The molecule has 0 fully saturated rings. The maximum Gasteiger partial charge on any atom is 0.171 e. The largest absolute Gasteiger partial charge is 0.171 e. The fraction of sp³-hybridized carbons (Fsp3) is 1.00. The fourth-order valence-electron chi connectivity index (χ4n) is 0.134. The van der Waals surface area contributed by atoms with Gasteiger partial charge in [-0.1, -0.05) is 0 Å². The van der Waals surface area contributed by atoms with Gasteiger partial charge in [0.2, 0.25) is 0 Å². The third-order valence-corrected chi connectivity index (χ3v) is 1.78. The van der Waals surface area contributed by atoms with E-state index in [9.17, 15) is 0 Å². The topological polar surface area (TPSA) is 0 Å². The van der Waals surface area contributed by atoms with Crippen molar-refractivity contribution in [2.75, 3.05) is 5.88 Å². The minimum atomic E-state index is 0.552. The first-order valence-corrected chi connectivity index (χ1v) is 4.56. The van der Waals surface area contributed by atoms with Gasteiger partial charge in [-0.15, -0.1) is 11.6 Å². The minimum Gasteiger partial charge on any atom is -0.171 e. The summed E-state index contributed by atoms with van der Waals surface area (Å²) in [6.07, 6.45) is 1.06. The summed E-state index contributed by atoms with van der Waals surface area (Å²) in [6.45, 7) is 0. The lowest BCUT2D eigenvalue weighted by atomic mass is 10.6.